The highest BCUT2D eigenvalue weighted by molar-refractivity contribution is 6.30. The molecular weight excluding hydrogens is 324 g/mol. The molecular formula is C19H29ClN2O2. The van der Waals surface area contributed by atoms with Crippen molar-refractivity contribution in [2.75, 3.05) is 0 Å². The second-order valence-corrected chi connectivity index (χ2v) is 7.52. The van der Waals surface area contributed by atoms with Crippen LogP contribution in [0.4, 0.5) is 0 Å². The summed E-state index contributed by atoms with van der Waals surface area (Å²) in [4.78, 5) is 24.9. The monoisotopic (exact) mass is 352 g/mol. The van der Waals surface area contributed by atoms with Gasteiger partial charge >= 0.3 is 0 Å². The molecule has 2 unspecified atom stereocenters. The van der Waals surface area contributed by atoms with E-state index in [1.807, 2.05) is 20.8 Å². The van der Waals surface area contributed by atoms with E-state index in [1.54, 1.807) is 24.3 Å². The Bertz CT molecular complexity index is 541. The number of amides is 2. The fraction of sp³-hybridized carbons (Fsp3) is 0.579. The molecule has 0 spiro atoms. The average Bonchev–Trinajstić information content (AvgIpc) is 2.50. The van der Waals surface area contributed by atoms with E-state index in [1.165, 1.54) is 0 Å². The molecule has 24 heavy (non-hydrogen) atoms. The first kappa shape index (κ1) is 20.5. The van der Waals surface area contributed by atoms with Gasteiger partial charge in [0.15, 0.2) is 0 Å². The standard InChI is InChI=1S/C19H29ClN2O2/c1-12(2)6-7-14(5)21-19(24)17(13(3)4)22-18(23)15-8-10-16(20)11-9-15/h8-14,17H,6-7H2,1-5H3,(H,21,24)(H,22,23). The number of hydrogen-bond donors (Lipinski definition) is 2. The van der Waals surface area contributed by atoms with Gasteiger partial charge in [0.1, 0.15) is 6.04 Å². The summed E-state index contributed by atoms with van der Waals surface area (Å²) in [5.74, 6) is 0.201. The molecule has 0 radical (unpaired) electrons. The van der Waals surface area contributed by atoms with E-state index in [4.69, 9.17) is 11.6 Å². The van der Waals surface area contributed by atoms with Crippen LogP contribution >= 0.6 is 11.6 Å². The van der Waals surface area contributed by atoms with Crippen LogP contribution in [0.1, 0.15) is 57.8 Å². The number of nitrogens with one attached hydrogen (secondary N) is 2. The molecule has 1 aromatic rings. The molecule has 134 valence electrons. The van der Waals surface area contributed by atoms with Crippen LogP contribution in [-0.4, -0.2) is 23.9 Å². The molecule has 1 aromatic carbocycles. The van der Waals surface area contributed by atoms with Crippen LogP contribution in [0.3, 0.4) is 0 Å². The summed E-state index contributed by atoms with van der Waals surface area (Å²) in [6.07, 6.45) is 1.99. The van der Waals surface area contributed by atoms with Gasteiger partial charge in [-0.25, -0.2) is 0 Å². The first-order chi connectivity index (χ1) is 11.2. The molecule has 2 atom stereocenters. The fourth-order valence-corrected chi connectivity index (χ4v) is 2.47. The zero-order valence-electron chi connectivity index (χ0n) is 15.2. The molecule has 0 saturated carbocycles. The Morgan fingerprint density at radius 1 is 0.958 bits per heavy atom. The molecule has 0 aliphatic rings. The third kappa shape index (κ3) is 6.91. The summed E-state index contributed by atoms with van der Waals surface area (Å²) in [6, 6.07) is 6.16. The van der Waals surface area contributed by atoms with E-state index in [2.05, 4.69) is 24.5 Å². The van der Waals surface area contributed by atoms with Crippen LogP contribution in [-0.2, 0) is 4.79 Å². The molecule has 4 nitrogen and oxygen atoms in total. The normalized spacial score (nSPS) is 13.7. The predicted molar refractivity (Wildman–Crippen MR) is 99.2 cm³/mol. The highest BCUT2D eigenvalue weighted by atomic mass is 35.5. The van der Waals surface area contributed by atoms with Crippen LogP contribution in [0, 0.1) is 11.8 Å². The van der Waals surface area contributed by atoms with Gasteiger partial charge in [0, 0.05) is 16.6 Å². The van der Waals surface area contributed by atoms with Crippen molar-refractivity contribution in [3.05, 3.63) is 34.9 Å². The first-order valence-corrected chi connectivity index (χ1v) is 8.95. The Kier molecular flexibility index (Phi) is 8.26. The van der Waals surface area contributed by atoms with Gasteiger partial charge in [0.2, 0.25) is 5.91 Å². The van der Waals surface area contributed by atoms with E-state index in [-0.39, 0.29) is 23.8 Å². The summed E-state index contributed by atoms with van der Waals surface area (Å²) in [5, 5.41) is 6.41. The van der Waals surface area contributed by atoms with E-state index in [9.17, 15) is 9.59 Å². The van der Waals surface area contributed by atoms with Gasteiger partial charge in [0.25, 0.3) is 5.91 Å². The Balaban J connectivity index is 2.67. The minimum Gasteiger partial charge on any atom is -0.352 e. The van der Waals surface area contributed by atoms with Crippen molar-refractivity contribution in [3.63, 3.8) is 0 Å². The molecule has 0 heterocycles. The van der Waals surface area contributed by atoms with Gasteiger partial charge in [-0.05, 0) is 55.9 Å². The SMILES string of the molecule is CC(C)CCC(C)NC(=O)C(NC(=O)c1ccc(Cl)cc1)C(C)C. The minimum atomic E-state index is -0.560. The maximum Gasteiger partial charge on any atom is 0.251 e. The van der Waals surface area contributed by atoms with Crippen LogP contribution in [0.15, 0.2) is 24.3 Å². The number of hydrogen-bond acceptors (Lipinski definition) is 2. The van der Waals surface area contributed by atoms with Crippen molar-refractivity contribution in [1.82, 2.24) is 10.6 Å². The second-order valence-electron chi connectivity index (χ2n) is 7.08. The third-order valence-electron chi connectivity index (χ3n) is 3.91. The Morgan fingerprint density at radius 2 is 1.54 bits per heavy atom. The minimum absolute atomic E-state index is 0.00134. The van der Waals surface area contributed by atoms with Crippen molar-refractivity contribution in [1.29, 1.82) is 0 Å². The summed E-state index contributed by atoms with van der Waals surface area (Å²) in [6.45, 7) is 10.2. The van der Waals surface area contributed by atoms with Gasteiger partial charge in [-0.1, -0.05) is 39.3 Å². The van der Waals surface area contributed by atoms with Crippen molar-refractivity contribution in [3.8, 4) is 0 Å². The van der Waals surface area contributed by atoms with Crippen molar-refractivity contribution in [2.45, 2.75) is 59.5 Å². The van der Waals surface area contributed by atoms with Gasteiger partial charge in [-0.15, -0.1) is 0 Å². The zero-order chi connectivity index (χ0) is 18.3. The topological polar surface area (TPSA) is 58.2 Å². The molecule has 0 fully saturated rings. The fourth-order valence-electron chi connectivity index (χ4n) is 2.35. The summed E-state index contributed by atoms with van der Waals surface area (Å²) in [5.41, 5.74) is 0.491. The summed E-state index contributed by atoms with van der Waals surface area (Å²) >= 11 is 5.84. The number of benzene rings is 1. The summed E-state index contributed by atoms with van der Waals surface area (Å²) in [7, 11) is 0. The van der Waals surface area contributed by atoms with E-state index in [0.29, 0.717) is 16.5 Å². The van der Waals surface area contributed by atoms with Crippen LogP contribution in [0.5, 0.6) is 0 Å². The van der Waals surface area contributed by atoms with Crippen molar-refractivity contribution >= 4 is 23.4 Å². The largest absolute Gasteiger partial charge is 0.352 e. The molecule has 0 aliphatic heterocycles. The lowest BCUT2D eigenvalue weighted by molar-refractivity contribution is -0.124. The Morgan fingerprint density at radius 3 is 2.04 bits per heavy atom. The molecule has 0 aromatic heterocycles. The van der Waals surface area contributed by atoms with Crippen LogP contribution in [0.2, 0.25) is 5.02 Å². The van der Waals surface area contributed by atoms with Gasteiger partial charge < -0.3 is 10.6 Å². The van der Waals surface area contributed by atoms with Gasteiger partial charge in [-0.3, -0.25) is 9.59 Å². The number of carbonyl (C=O) groups is 2. The maximum absolute atomic E-state index is 12.5. The van der Waals surface area contributed by atoms with E-state index >= 15 is 0 Å². The van der Waals surface area contributed by atoms with Gasteiger partial charge in [0.05, 0.1) is 0 Å². The van der Waals surface area contributed by atoms with Crippen LogP contribution < -0.4 is 10.6 Å². The molecule has 0 saturated heterocycles. The zero-order valence-corrected chi connectivity index (χ0v) is 16.0. The molecule has 2 amide bonds. The highest BCUT2D eigenvalue weighted by Gasteiger charge is 2.25. The van der Waals surface area contributed by atoms with Crippen molar-refractivity contribution in [2.24, 2.45) is 11.8 Å². The van der Waals surface area contributed by atoms with Gasteiger partial charge in [-0.2, -0.15) is 0 Å². The first-order valence-electron chi connectivity index (χ1n) is 8.57. The molecule has 0 bridgehead atoms. The Labute approximate surface area is 150 Å². The number of carbonyl (C=O) groups excluding carboxylic acids is 2. The highest BCUT2D eigenvalue weighted by Crippen LogP contribution is 2.11. The lowest BCUT2D eigenvalue weighted by Crippen LogP contribution is -2.51. The van der Waals surface area contributed by atoms with Crippen molar-refractivity contribution < 1.29 is 9.59 Å². The van der Waals surface area contributed by atoms with Crippen LogP contribution in [0.25, 0.3) is 0 Å². The molecule has 0 aliphatic carbocycles. The van der Waals surface area contributed by atoms with E-state index in [0.717, 1.165) is 12.8 Å². The number of rotatable bonds is 8. The maximum atomic E-state index is 12.5. The molecule has 1 rings (SSSR count). The third-order valence-corrected chi connectivity index (χ3v) is 4.16. The lowest BCUT2D eigenvalue weighted by atomic mass is 10.0. The lowest BCUT2D eigenvalue weighted by Gasteiger charge is -2.24. The summed E-state index contributed by atoms with van der Waals surface area (Å²) < 4.78 is 0. The second kappa shape index (κ2) is 9.67. The average molecular weight is 353 g/mol. The quantitative estimate of drug-likeness (QED) is 0.741. The predicted octanol–water partition coefficient (Wildman–Crippen LogP) is 4.04. The smallest absolute Gasteiger partial charge is 0.251 e. The van der Waals surface area contributed by atoms with E-state index < -0.39 is 6.04 Å². The Hall–Kier alpha value is -1.55. The molecule has 2 N–H and O–H groups in total. The number of halogens is 1. The molecule has 5 heteroatoms.